The van der Waals surface area contributed by atoms with Gasteiger partial charge >= 0.3 is 5.97 Å². The van der Waals surface area contributed by atoms with Crippen molar-refractivity contribution in [2.24, 2.45) is 5.92 Å². The van der Waals surface area contributed by atoms with Crippen molar-refractivity contribution in [3.63, 3.8) is 0 Å². The van der Waals surface area contributed by atoms with Crippen LogP contribution in [0.15, 0.2) is 4.42 Å². The Kier molecular flexibility index (Phi) is 2.99. The van der Waals surface area contributed by atoms with E-state index in [0.29, 0.717) is 5.92 Å². The Labute approximate surface area is 94.7 Å². The van der Waals surface area contributed by atoms with Crippen LogP contribution in [0.25, 0.3) is 0 Å². The number of aliphatic carboxylic acids is 1. The fourth-order valence-electron chi connectivity index (χ4n) is 2.26. The molecular weight excluding hydrogens is 206 g/mol. The third kappa shape index (κ3) is 2.10. The second-order valence-electron chi connectivity index (χ2n) is 4.58. The molecule has 4 heteroatoms. The van der Waals surface area contributed by atoms with Gasteiger partial charge in [0, 0.05) is 5.92 Å². The Bertz CT molecular complexity index is 369. The average molecular weight is 223 g/mol. The summed E-state index contributed by atoms with van der Waals surface area (Å²) in [6.07, 6.45) is 3.22. The molecule has 0 radical (unpaired) electrons. The van der Waals surface area contributed by atoms with Crippen LogP contribution < -0.4 is 0 Å². The number of hydrogen-bond donors (Lipinski definition) is 1. The lowest BCUT2D eigenvalue weighted by Crippen LogP contribution is -2.20. The van der Waals surface area contributed by atoms with Crippen molar-refractivity contribution in [2.45, 2.75) is 45.4 Å². The molecule has 0 atom stereocenters. The summed E-state index contributed by atoms with van der Waals surface area (Å²) in [6, 6.07) is 0. The molecule has 88 valence electrons. The predicted octanol–water partition coefficient (Wildman–Crippen LogP) is 2.65. The average Bonchev–Trinajstić information content (AvgIpc) is 2.59. The molecule has 0 bridgehead atoms. The SMILES string of the molecule is Cc1nc([C@H]2CC[C@H](C(=O)O)CC2)oc1C. The smallest absolute Gasteiger partial charge is 0.306 e. The highest BCUT2D eigenvalue weighted by Crippen LogP contribution is 2.35. The minimum Gasteiger partial charge on any atom is -0.481 e. The van der Waals surface area contributed by atoms with Crippen molar-refractivity contribution in [1.82, 2.24) is 4.98 Å². The van der Waals surface area contributed by atoms with Gasteiger partial charge in [-0.05, 0) is 39.5 Å². The highest BCUT2D eigenvalue weighted by Gasteiger charge is 2.29. The molecule has 1 aromatic heterocycles. The maximum atomic E-state index is 10.8. The summed E-state index contributed by atoms with van der Waals surface area (Å²) in [6.45, 7) is 3.85. The summed E-state index contributed by atoms with van der Waals surface area (Å²) in [4.78, 5) is 15.2. The van der Waals surface area contributed by atoms with Crippen molar-refractivity contribution in [1.29, 1.82) is 0 Å². The molecule has 1 aliphatic carbocycles. The zero-order valence-corrected chi connectivity index (χ0v) is 9.69. The fraction of sp³-hybridized carbons (Fsp3) is 0.667. The van der Waals surface area contributed by atoms with Gasteiger partial charge < -0.3 is 9.52 Å². The molecule has 4 nitrogen and oxygen atoms in total. The summed E-state index contributed by atoms with van der Waals surface area (Å²) in [5, 5.41) is 8.90. The molecule has 0 unspecified atom stereocenters. The van der Waals surface area contributed by atoms with E-state index in [9.17, 15) is 4.79 Å². The number of carbonyl (C=O) groups is 1. The quantitative estimate of drug-likeness (QED) is 0.837. The highest BCUT2D eigenvalue weighted by atomic mass is 16.4. The Morgan fingerprint density at radius 3 is 2.38 bits per heavy atom. The highest BCUT2D eigenvalue weighted by molar-refractivity contribution is 5.70. The van der Waals surface area contributed by atoms with E-state index in [1.165, 1.54) is 0 Å². The third-order valence-corrected chi connectivity index (χ3v) is 3.47. The third-order valence-electron chi connectivity index (χ3n) is 3.47. The van der Waals surface area contributed by atoms with Gasteiger partial charge in [-0.15, -0.1) is 0 Å². The molecule has 1 aliphatic rings. The van der Waals surface area contributed by atoms with Gasteiger partial charge in [0.15, 0.2) is 5.89 Å². The lowest BCUT2D eigenvalue weighted by atomic mass is 9.82. The van der Waals surface area contributed by atoms with Crippen LogP contribution in [0.1, 0.15) is 48.9 Å². The molecule has 1 saturated carbocycles. The molecule has 1 heterocycles. The minimum atomic E-state index is -0.668. The molecule has 1 fully saturated rings. The van der Waals surface area contributed by atoms with Gasteiger partial charge in [-0.1, -0.05) is 0 Å². The number of oxazole rings is 1. The van der Waals surface area contributed by atoms with E-state index in [-0.39, 0.29) is 5.92 Å². The molecule has 2 rings (SSSR count). The van der Waals surface area contributed by atoms with Gasteiger partial charge in [0.1, 0.15) is 5.76 Å². The molecule has 0 aromatic carbocycles. The first-order chi connectivity index (χ1) is 7.58. The molecule has 1 aromatic rings. The van der Waals surface area contributed by atoms with Crippen LogP contribution in [0.4, 0.5) is 0 Å². The number of rotatable bonds is 2. The predicted molar refractivity (Wildman–Crippen MR) is 58.3 cm³/mol. The molecular formula is C12H17NO3. The number of aromatic nitrogens is 1. The largest absolute Gasteiger partial charge is 0.481 e. The lowest BCUT2D eigenvalue weighted by molar-refractivity contribution is -0.142. The van der Waals surface area contributed by atoms with E-state index in [2.05, 4.69) is 4.98 Å². The van der Waals surface area contributed by atoms with Crippen molar-refractivity contribution in [3.05, 3.63) is 17.3 Å². The summed E-state index contributed by atoms with van der Waals surface area (Å²) in [7, 11) is 0. The van der Waals surface area contributed by atoms with Crippen LogP contribution in [-0.2, 0) is 4.79 Å². The van der Waals surface area contributed by atoms with Gasteiger partial charge in [-0.3, -0.25) is 4.79 Å². The first kappa shape index (κ1) is 11.2. The topological polar surface area (TPSA) is 63.3 Å². The molecule has 0 spiro atoms. The molecule has 1 N–H and O–H groups in total. The Morgan fingerprint density at radius 2 is 1.94 bits per heavy atom. The summed E-state index contributed by atoms with van der Waals surface area (Å²) >= 11 is 0. The second-order valence-corrected chi connectivity index (χ2v) is 4.58. The molecule has 16 heavy (non-hydrogen) atoms. The van der Waals surface area contributed by atoms with Crippen LogP contribution in [-0.4, -0.2) is 16.1 Å². The van der Waals surface area contributed by atoms with E-state index in [0.717, 1.165) is 43.0 Å². The summed E-state index contributed by atoms with van der Waals surface area (Å²) in [5.74, 6) is 1.13. The van der Waals surface area contributed by atoms with Crippen LogP contribution in [0.3, 0.4) is 0 Å². The summed E-state index contributed by atoms with van der Waals surface area (Å²) in [5.41, 5.74) is 0.940. The second kappa shape index (κ2) is 4.28. The van der Waals surface area contributed by atoms with Crippen molar-refractivity contribution >= 4 is 5.97 Å². The standard InChI is InChI=1S/C12H17NO3/c1-7-8(2)16-11(13-7)9-3-5-10(6-4-9)12(14)15/h9-10H,3-6H2,1-2H3,(H,14,15)/t9-,10-. The van der Waals surface area contributed by atoms with E-state index < -0.39 is 5.97 Å². The summed E-state index contributed by atoms with van der Waals surface area (Å²) < 4.78 is 5.59. The number of aryl methyl sites for hydroxylation is 2. The number of carboxylic acids is 1. The number of nitrogens with zero attached hydrogens (tertiary/aromatic N) is 1. The lowest BCUT2D eigenvalue weighted by Gasteiger charge is -2.23. The van der Waals surface area contributed by atoms with Crippen molar-refractivity contribution in [3.8, 4) is 0 Å². The Morgan fingerprint density at radius 1 is 1.31 bits per heavy atom. The monoisotopic (exact) mass is 223 g/mol. The van der Waals surface area contributed by atoms with Crippen molar-refractivity contribution in [2.75, 3.05) is 0 Å². The Hall–Kier alpha value is -1.32. The molecule has 0 aliphatic heterocycles. The molecule has 0 saturated heterocycles. The molecule has 0 amide bonds. The first-order valence-corrected chi connectivity index (χ1v) is 5.74. The normalized spacial score (nSPS) is 25.6. The van der Waals surface area contributed by atoms with Gasteiger partial charge in [-0.2, -0.15) is 0 Å². The number of hydrogen-bond acceptors (Lipinski definition) is 3. The Balaban J connectivity index is 2.01. The first-order valence-electron chi connectivity index (χ1n) is 5.74. The van der Waals surface area contributed by atoms with Gasteiger partial charge in [0.05, 0.1) is 11.6 Å². The maximum Gasteiger partial charge on any atom is 0.306 e. The van der Waals surface area contributed by atoms with E-state index in [4.69, 9.17) is 9.52 Å². The minimum absolute atomic E-state index is 0.173. The van der Waals surface area contributed by atoms with Crippen LogP contribution in [0.5, 0.6) is 0 Å². The number of carboxylic acid groups (broad SMARTS) is 1. The van der Waals surface area contributed by atoms with Gasteiger partial charge in [0.2, 0.25) is 0 Å². The van der Waals surface area contributed by atoms with Gasteiger partial charge in [-0.25, -0.2) is 4.98 Å². The van der Waals surface area contributed by atoms with E-state index in [1.54, 1.807) is 0 Å². The van der Waals surface area contributed by atoms with Crippen LogP contribution in [0.2, 0.25) is 0 Å². The fourth-order valence-corrected chi connectivity index (χ4v) is 2.26. The van der Waals surface area contributed by atoms with Crippen molar-refractivity contribution < 1.29 is 14.3 Å². The van der Waals surface area contributed by atoms with Gasteiger partial charge in [0.25, 0.3) is 0 Å². The van der Waals surface area contributed by atoms with Crippen LogP contribution in [0, 0.1) is 19.8 Å². The zero-order valence-electron chi connectivity index (χ0n) is 9.69. The van der Waals surface area contributed by atoms with E-state index in [1.807, 2.05) is 13.8 Å². The zero-order chi connectivity index (χ0) is 11.7. The van der Waals surface area contributed by atoms with E-state index >= 15 is 0 Å². The van der Waals surface area contributed by atoms with Crippen LogP contribution >= 0.6 is 0 Å². The maximum absolute atomic E-state index is 10.8.